The van der Waals surface area contributed by atoms with Crippen LogP contribution in [0.5, 0.6) is 0 Å². The van der Waals surface area contributed by atoms with Gasteiger partial charge in [-0.1, -0.05) is 47.1 Å². The number of fused-ring (bicyclic) bond motifs is 7. The number of nitrogens with zero attached hydrogens (tertiary/aromatic N) is 1. The Bertz CT molecular complexity index is 1210. The SMILES string of the molecule is CC1(C)[C@@H](N=C([O-])CC(=O)O)CC[C@]2(C)[C@H]3C(=O)C=C4[C@@H]5C[C@@](C)(C(=O)O)CC[C@]5(C)CC[C@@]4(C)[C@]3(C)CC[C@@H]12.[K+]. The van der Waals surface area contributed by atoms with E-state index in [1.165, 1.54) is 5.57 Å². The fourth-order valence-electron chi connectivity index (χ4n) is 10.9. The number of allylic oxidation sites excluding steroid dienone is 2. The number of hydrogen-bond donors (Lipinski definition) is 2. The molecule has 0 radical (unpaired) electrons. The maximum absolute atomic E-state index is 14.4. The zero-order valence-electron chi connectivity index (χ0n) is 26.4. The summed E-state index contributed by atoms with van der Waals surface area (Å²) < 4.78 is 0. The average Bonchev–Trinajstić information content (AvgIpc) is 2.82. The molecule has 5 aliphatic carbocycles. The number of carboxylic acid groups (broad SMARTS) is 2. The summed E-state index contributed by atoms with van der Waals surface area (Å²) in [7, 11) is 0. The Hall–Kier alpha value is -0.544. The predicted octanol–water partition coefficient (Wildman–Crippen LogP) is 2.66. The summed E-state index contributed by atoms with van der Waals surface area (Å²) in [5.74, 6) is -2.14. The van der Waals surface area contributed by atoms with E-state index in [1.807, 2.05) is 13.0 Å². The fourth-order valence-corrected chi connectivity index (χ4v) is 10.9. The molecule has 0 heterocycles. The summed E-state index contributed by atoms with van der Waals surface area (Å²) in [6.07, 6.45) is 8.87. The molecule has 0 unspecified atom stereocenters. The van der Waals surface area contributed by atoms with Crippen LogP contribution in [0.3, 0.4) is 0 Å². The molecule has 0 saturated heterocycles. The van der Waals surface area contributed by atoms with Crippen LogP contribution < -0.4 is 56.5 Å². The van der Waals surface area contributed by atoms with Crippen molar-refractivity contribution in [3.63, 3.8) is 0 Å². The Morgan fingerprint density at radius 2 is 1.59 bits per heavy atom. The van der Waals surface area contributed by atoms with E-state index >= 15 is 0 Å². The van der Waals surface area contributed by atoms with Gasteiger partial charge < -0.3 is 20.3 Å². The van der Waals surface area contributed by atoms with E-state index < -0.39 is 29.7 Å². The quantitative estimate of drug-likeness (QED) is 0.293. The van der Waals surface area contributed by atoms with Crippen LogP contribution in [0.15, 0.2) is 16.6 Å². The van der Waals surface area contributed by atoms with Gasteiger partial charge in [0.2, 0.25) is 0 Å². The third-order valence-corrected chi connectivity index (χ3v) is 13.7. The molecule has 5 rings (SSSR count). The second-order valence-corrected chi connectivity index (χ2v) is 16.0. The maximum atomic E-state index is 14.4. The minimum absolute atomic E-state index is 0. The molecular weight excluding hydrogens is 545 g/mol. The van der Waals surface area contributed by atoms with Gasteiger partial charge in [-0.2, -0.15) is 0 Å². The molecule has 0 aliphatic heterocycles. The van der Waals surface area contributed by atoms with Crippen molar-refractivity contribution in [2.24, 2.45) is 55.2 Å². The first-order chi connectivity index (χ1) is 18.3. The monoisotopic (exact) mass is 593 g/mol. The van der Waals surface area contributed by atoms with Crippen molar-refractivity contribution in [2.45, 2.75) is 119 Å². The number of aliphatic carboxylic acids is 2. The van der Waals surface area contributed by atoms with Crippen molar-refractivity contribution < 1.29 is 81.1 Å². The molecule has 222 valence electrons. The van der Waals surface area contributed by atoms with Crippen LogP contribution >= 0.6 is 0 Å². The molecule has 0 aromatic carbocycles. The largest absolute Gasteiger partial charge is 1.00 e. The second-order valence-electron chi connectivity index (χ2n) is 16.0. The normalized spacial score (nSPS) is 47.0. The summed E-state index contributed by atoms with van der Waals surface area (Å²) in [6.45, 7) is 15.5. The molecule has 7 nitrogen and oxygen atoms in total. The van der Waals surface area contributed by atoms with Crippen LogP contribution in [0.1, 0.15) is 113 Å². The van der Waals surface area contributed by atoms with Crippen LogP contribution in [0.25, 0.3) is 0 Å². The van der Waals surface area contributed by atoms with Gasteiger partial charge in [0.1, 0.15) is 0 Å². The van der Waals surface area contributed by atoms with Crippen molar-refractivity contribution in [1.29, 1.82) is 0 Å². The summed E-state index contributed by atoms with van der Waals surface area (Å²) >= 11 is 0. The van der Waals surface area contributed by atoms with E-state index in [1.54, 1.807) is 0 Å². The number of hydrogen-bond acceptors (Lipinski definition) is 5. The second kappa shape index (κ2) is 10.5. The van der Waals surface area contributed by atoms with Gasteiger partial charge in [0.15, 0.2) is 5.78 Å². The van der Waals surface area contributed by atoms with Crippen molar-refractivity contribution >= 4 is 23.6 Å². The average molecular weight is 594 g/mol. The van der Waals surface area contributed by atoms with Crippen molar-refractivity contribution in [2.75, 3.05) is 0 Å². The van der Waals surface area contributed by atoms with Gasteiger partial charge in [0.05, 0.1) is 17.9 Å². The van der Waals surface area contributed by atoms with Crippen LogP contribution in [0, 0.1) is 50.2 Å². The summed E-state index contributed by atoms with van der Waals surface area (Å²) in [4.78, 5) is 42.2. The minimum Gasteiger partial charge on any atom is -0.862 e. The molecule has 0 aromatic rings. The first-order valence-corrected chi connectivity index (χ1v) is 15.3. The van der Waals surface area contributed by atoms with E-state index in [-0.39, 0.29) is 108 Å². The molecule has 0 bridgehead atoms. The topological polar surface area (TPSA) is 127 Å². The van der Waals surface area contributed by atoms with E-state index in [4.69, 9.17) is 5.11 Å². The van der Waals surface area contributed by atoms with Crippen molar-refractivity contribution in [3.05, 3.63) is 11.6 Å². The summed E-state index contributed by atoms with van der Waals surface area (Å²) in [6, 6.07) is -0.256. The molecule has 0 spiro atoms. The van der Waals surface area contributed by atoms with E-state index in [9.17, 15) is 24.6 Å². The molecule has 0 aromatic heterocycles. The number of aliphatic imine (C=N–C) groups is 1. The van der Waals surface area contributed by atoms with Crippen molar-refractivity contribution in [3.8, 4) is 0 Å². The van der Waals surface area contributed by atoms with Crippen molar-refractivity contribution in [1.82, 2.24) is 0 Å². The van der Waals surface area contributed by atoms with Gasteiger partial charge in [-0.25, -0.2) is 0 Å². The van der Waals surface area contributed by atoms with Gasteiger partial charge in [-0.05, 0) is 116 Å². The van der Waals surface area contributed by atoms with Crippen LogP contribution in [-0.2, 0) is 14.4 Å². The number of ketones is 1. The van der Waals surface area contributed by atoms with Gasteiger partial charge in [0, 0.05) is 5.92 Å². The number of carbonyl (C=O) groups excluding carboxylic acids is 1. The Balaban J connectivity index is 0.00000387. The Morgan fingerprint density at radius 1 is 0.951 bits per heavy atom. The third-order valence-electron chi connectivity index (χ3n) is 13.7. The predicted molar refractivity (Wildman–Crippen MR) is 151 cm³/mol. The smallest absolute Gasteiger partial charge is 0.862 e. The zero-order valence-corrected chi connectivity index (χ0v) is 29.6. The Labute approximate surface area is 287 Å². The van der Waals surface area contributed by atoms with E-state index in [0.717, 1.165) is 38.5 Å². The fraction of sp³-hybridized carbons (Fsp3) is 0.818. The number of rotatable bonds is 4. The molecule has 41 heavy (non-hydrogen) atoms. The first-order valence-electron chi connectivity index (χ1n) is 15.3. The molecular formula is C33H48KNO6. The number of carbonyl (C=O) groups is 3. The minimum atomic E-state index is -1.16. The Kier molecular flexibility index (Phi) is 8.56. The molecule has 4 fully saturated rings. The van der Waals surface area contributed by atoms with E-state index in [2.05, 4.69) is 46.5 Å². The molecule has 8 heteroatoms. The molecule has 4 saturated carbocycles. The summed E-state index contributed by atoms with van der Waals surface area (Å²) in [5, 5.41) is 31.5. The van der Waals surface area contributed by atoms with Crippen LogP contribution in [0.4, 0.5) is 0 Å². The first kappa shape index (κ1) is 33.4. The third kappa shape index (κ3) is 4.79. The molecule has 0 amide bonds. The maximum Gasteiger partial charge on any atom is 1.00 e. The number of carboxylic acids is 2. The molecule has 5 aliphatic rings. The van der Waals surface area contributed by atoms with Crippen LogP contribution in [0.2, 0.25) is 0 Å². The zero-order chi connectivity index (χ0) is 29.7. The van der Waals surface area contributed by atoms with Crippen LogP contribution in [-0.4, -0.2) is 39.9 Å². The molecule has 2 N–H and O–H groups in total. The van der Waals surface area contributed by atoms with Gasteiger partial charge in [-0.15, -0.1) is 0 Å². The van der Waals surface area contributed by atoms with Gasteiger partial charge in [-0.3, -0.25) is 14.4 Å². The molecule has 9 atom stereocenters. The van der Waals surface area contributed by atoms with E-state index in [0.29, 0.717) is 19.3 Å². The summed E-state index contributed by atoms with van der Waals surface area (Å²) in [5.41, 5.74) is -0.552. The standard InChI is InChI=1S/C33H49NO6.K/c1-28(2)22-8-11-33(7)26(31(22,5)10-9-23(28)34-24(36)17-25(37)38)21(35)16-19-20-18-30(4,27(39)40)13-12-29(20,3)14-15-32(19,33)6;/h16,20,22-23,26H,8-15,17-18H2,1-7H3,(H,34,36)(H,37,38)(H,39,40);/q;+1/p-1/t20-,22-,23-,26+,29+,30-,31-,32+,33+;/m0./s1. The van der Waals surface area contributed by atoms with Gasteiger partial charge in [0.25, 0.3) is 0 Å². The Morgan fingerprint density at radius 3 is 2.20 bits per heavy atom. The van der Waals surface area contributed by atoms with Gasteiger partial charge >= 0.3 is 63.3 Å².